The average Bonchev–Trinajstić information content (AvgIpc) is 2.77. The van der Waals surface area contributed by atoms with E-state index in [4.69, 9.17) is 5.73 Å². The van der Waals surface area contributed by atoms with E-state index < -0.39 is 0 Å². The Kier molecular flexibility index (Phi) is 3.14. The summed E-state index contributed by atoms with van der Waals surface area (Å²) in [5.74, 6) is 0.855. The molecular formula is C14H17N3OS. The van der Waals surface area contributed by atoms with Gasteiger partial charge in [0.2, 0.25) is 0 Å². The number of rotatable bonds is 1. The van der Waals surface area contributed by atoms with E-state index in [-0.39, 0.29) is 5.91 Å². The van der Waals surface area contributed by atoms with Crippen molar-refractivity contribution in [3.05, 3.63) is 23.8 Å². The van der Waals surface area contributed by atoms with Crippen LogP contribution in [0.25, 0.3) is 10.2 Å². The number of hydrogen-bond donors (Lipinski definition) is 1. The predicted octanol–water partition coefficient (Wildman–Crippen LogP) is 2.75. The lowest BCUT2D eigenvalue weighted by Gasteiger charge is -2.30. The van der Waals surface area contributed by atoms with Crippen molar-refractivity contribution in [1.82, 2.24) is 9.88 Å². The molecule has 1 aromatic carbocycles. The zero-order valence-corrected chi connectivity index (χ0v) is 11.7. The molecule has 0 bridgehead atoms. The van der Waals surface area contributed by atoms with Crippen LogP contribution in [-0.2, 0) is 0 Å². The molecular weight excluding hydrogens is 258 g/mol. The maximum absolute atomic E-state index is 12.4. The molecule has 5 heteroatoms. The van der Waals surface area contributed by atoms with Crippen molar-refractivity contribution in [2.24, 2.45) is 5.92 Å². The molecule has 2 aromatic rings. The number of carbonyl (C=O) groups excluding carboxylic acids is 1. The number of benzene rings is 1. The van der Waals surface area contributed by atoms with Gasteiger partial charge in [-0.3, -0.25) is 4.79 Å². The minimum absolute atomic E-state index is 0.126. The van der Waals surface area contributed by atoms with Crippen LogP contribution in [0, 0.1) is 5.92 Å². The number of nitrogens with zero attached hydrogens (tertiary/aromatic N) is 2. The molecule has 4 nitrogen and oxygen atoms in total. The number of amides is 1. The van der Waals surface area contributed by atoms with Gasteiger partial charge in [0, 0.05) is 18.7 Å². The van der Waals surface area contributed by atoms with Crippen LogP contribution < -0.4 is 5.73 Å². The molecule has 0 spiro atoms. The number of likely N-dealkylation sites (tertiary alicyclic amines) is 1. The predicted molar refractivity (Wildman–Crippen MR) is 78.3 cm³/mol. The van der Waals surface area contributed by atoms with Crippen LogP contribution in [-0.4, -0.2) is 28.9 Å². The summed E-state index contributed by atoms with van der Waals surface area (Å²) in [5.41, 5.74) is 7.30. The lowest BCUT2D eigenvalue weighted by Crippen LogP contribution is -2.37. The van der Waals surface area contributed by atoms with Gasteiger partial charge in [-0.15, -0.1) is 0 Å². The average molecular weight is 275 g/mol. The van der Waals surface area contributed by atoms with Gasteiger partial charge < -0.3 is 10.6 Å². The van der Waals surface area contributed by atoms with Crippen molar-refractivity contribution < 1.29 is 4.79 Å². The van der Waals surface area contributed by atoms with E-state index in [1.165, 1.54) is 11.3 Å². The van der Waals surface area contributed by atoms with Gasteiger partial charge in [-0.25, -0.2) is 4.98 Å². The second kappa shape index (κ2) is 4.81. The first-order valence-corrected chi connectivity index (χ1v) is 7.40. The Hall–Kier alpha value is -1.62. The third-order valence-corrected chi connectivity index (χ3v) is 4.57. The highest BCUT2D eigenvalue weighted by molar-refractivity contribution is 7.22. The minimum atomic E-state index is 0.126. The summed E-state index contributed by atoms with van der Waals surface area (Å²) in [6.45, 7) is 3.97. The molecule has 1 aliphatic rings. The second-order valence-electron chi connectivity index (χ2n) is 5.21. The monoisotopic (exact) mass is 275 g/mol. The van der Waals surface area contributed by atoms with E-state index in [9.17, 15) is 4.79 Å². The smallest absolute Gasteiger partial charge is 0.253 e. The highest BCUT2D eigenvalue weighted by atomic mass is 32.1. The summed E-state index contributed by atoms with van der Waals surface area (Å²) in [5, 5.41) is 0.548. The number of carbonyl (C=O) groups is 1. The van der Waals surface area contributed by atoms with Crippen molar-refractivity contribution in [1.29, 1.82) is 0 Å². The Morgan fingerprint density at radius 2 is 2.16 bits per heavy atom. The van der Waals surface area contributed by atoms with Crippen molar-refractivity contribution in [2.45, 2.75) is 19.8 Å². The lowest BCUT2D eigenvalue weighted by molar-refractivity contribution is 0.0697. The van der Waals surface area contributed by atoms with E-state index in [0.717, 1.165) is 47.6 Å². The van der Waals surface area contributed by atoms with Crippen molar-refractivity contribution in [3.63, 3.8) is 0 Å². The number of nitrogen functional groups attached to an aromatic ring is 1. The number of nitrogens with two attached hydrogens (primary N) is 1. The van der Waals surface area contributed by atoms with Crippen LogP contribution in [0.15, 0.2) is 18.2 Å². The summed E-state index contributed by atoms with van der Waals surface area (Å²) in [6.07, 6.45) is 2.20. The van der Waals surface area contributed by atoms with Gasteiger partial charge in [-0.1, -0.05) is 18.3 Å². The lowest BCUT2D eigenvalue weighted by atomic mass is 9.98. The molecule has 0 saturated carbocycles. The van der Waals surface area contributed by atoms with Crippen molar-refractivity contribution >= 4 is 32.6 Å². The van der Waals surface area contributed by atoms with Crippen LogP contribution in [0.4, 0.5) is 5.13 Å². The number of piperidine rings is 1. The number of hydrogen-bond acceptors (Lipinski definition) is 4. The van der Waals surface area contributed by atoms with E-state index in [0.29, 0.717) is 5.13 Å². The van der Waals surface area contributed by atoms with Crippen LogP contribution in [0.2, 0.25) is 0 Å². The largest absolute Gasteiger partial charge is 0.375 e. The van der Waals surface area contributed by atoms with Crippen LogP contribution in [0.3, 0.4) is 0 Å². The van der Waals surface area contributed by atoms with Gasteiger partial charge in [0.25, 0.3) is 5.91 Å². The molecule has 1 aliphatic heterocycles. The van der Waals surface area contributed by atoms with Gasteiger partial charge in [0.05, 0.1) is 10.2 Å². The topological polar surface area (TPSA) is 59.2 Å². The molecule has 0 aliphatic carbocycles. The highest BCUT2D eigenvalue weighted by Gasteiger charge is 2.21. The van der Waals surface area contributed by atoms with Crippen molar-refractivity contribution in [2.75, 3.05) is 18.8 Å². The standard InChI is InChI=1S/C14H17N3OS/c1-9-4-6-17(7-5-9)13(18)10-2-3-11-12(8-10)19-14(15)16-11/h2-3,8-9H,4-7H2,1H3,(H2,15,16). The van der Waals surface area contributed by atoms with Gasteiger partial charge in [-0.05, 0) is 37.0 Å². The normalized spacial score (nSPS) is 17.0. The fraction of sp³-hybridized carbons (Fsp3) is 0.429. The van der Waals surface area contributed by atoms with Gasteiger partial charge in [0.15, 0.2) is 5.13 Å². The molecule has 2 N–H and O–H groups in total. The van der Waals surface area contributed by atoms with Crippen molar-refractivity contribution in [3.8, 4) is 0 Å². The highest BCUT2D eigenvalue weighted by Crippen LogP contribution is 2.26. The first-order chi connectivity index (χ1) is 9.13. The van der Waals surface area contributed by atoms with E-state index >= 15 is 0 Å². The summed E-state index contributed by atoms with van der Waals surface area (Å²) in [6, 6.07) is 5.63. The second-order valence-corrected chi connectivity index (χ2v) is 6.27. The quantitative estimate of drug-likeness (QED) is 0.870. The van der Waals surface area contributed by atoms with Gasteiger partial charge in [0.1, 0.15) is 0 Å². The summed E-state index contributed by atoms with van der Waals surface area (Å²) < 4.78 is 0.980. The van der Waals surface area contributed by atoms with Crippen LogP contribution >= 0.6 is 11.3 Å². The molecule has 100 valence electrons. The number of thiazole rings is 1. The third-order valence-electron chi connectivity index (χ3n) is 3.72. The van der Waals surface area contributed by atoms with E-state index in [2.05, 4.69) is 11.9 Å². The maximum Gasteiger partial charge on any atom is 0.253 e. The molecule has 2 heterocycles. The Balaban J connectivity index is 1.84. The molecule has 1 amide bonds. The molecule has 19 heavy (non-hydrogen) atoms. The van der Waals surface area contributed by atoms with E-state index in [1.54, 1.807) is 0 Å². The first-order valence-electron chi connectivity index (χ1n) is 6.59. The molecule has 3 rings (SSSR count). The Morgan fingerprint density at radius 3 is 2.89 bits per heavy atom. The van der Waals surface area contributed by atoms with Gasteiger partial charge in [-0.2, -0.15) is 0 Å². The summed E-state index contributed by atoms with van der Waals surface area (Å²) >= 11 is 1.43. The molecule has 1 aromatic heterocycles. The van der Waals surface area contributed by atoms with E-state index in [1.807, 2.05) is 23.1 Å². The third kappa shape index (κ3) is 2.42. The molecule has 1 fully saturated rings. The number of anilines is 1. The van der Waals surface area contributed by atoms with Gasteiger partial charge >= 0.3 is 0 Å². The summed E-state index contributed by atoms with van der Waals surface area (Å²) in [7, 11) is 0. The molecule has 0 atom stereocenters. The fourth-order valence-corrected chi connectivity index (χ4v) is 3.24. The summed E-state index contributed by atoms with van der Waals surface area (Å²) in [4.78, 5) is 18.6. The zero-order valence-electron chi connectivity index (χ0n) is 10.9. The number of fused-ring (bicyclic) bond motifs is 1. The zero-order chi connectivity index (χ0) is 13.4. The molecule has 0 radical (unpaired) electrons. The minimum Gasteiger partial charge on any atom is -0.375 e. The van der Waals surface area contributed by atoms with Crippen LogP contribution in [0.1, 0.15) is 30.1 Å². The Bertz CT molecular complexity index is 614. The Morgan fingerprint density at radius 1 is 1.42 bits per heavy atom. The first kappa shape index (κ1) is 12.4. The fourth-order valence-electron chi connectivity index (χ4n) is 2.47. The number of aromatic nitrogens is 1. The van der Waals surface area contributed by atoms with Crippen LogP contribution in [0.5, 0.6) is 0 Å². The molecule has 0 unspecified atom stereocenters. The SMILES string of the molecule is CC1CCN(C(=O)c2ccc3nc(N)sc3c2)CC1. The maximum atomic E-state index is 12.4. The molecule has 1 saturated heterocycles. The Labute approximate surface area is 116 Å².